The van der Waals surface area contributed by atoms with Gasteiger partial charge in [0.1, 0.15) is 5.25 Å². The third kappa shape index (κ3) is 4.08. The van der Waals surface area contributed by atoms with Crippen molar-refractivity contribution < 1.29 is 12.9 Å². The molecule has 5 nitrogen and oxygen atoms in total. The number of hydrogen-bond donors (Lipinski definition) is 0. The molecular weight excluding hydrogens is 324 g/mol. The number of aromatic nitrogens is 2. The summed E-state index contributed by atoms with van der Waals surface area (Å²) in [5.41, 5.74) is 0.571. The van der Waals surface area contributed by atoms with Crippen LogP contribution in [0.25, 0.3) is 0 Å². The third-order valence-electron chi connectivity index (χ3n) is 3.44. The molecule has 0 N–H and O–H groups in total. The van der Waals surface area contributed by atoms with Gasteiger partial charge in [0.2, 0.25) is 5.89 Å². The van der Waals surface area contributed by atoms with Gasteiger partial charge < -0.3 is 4.52 Å². The van der Waals surface area contributed by atoms with E-state index in [1.54, 1.807) is 31.2 Å². The van der Waals surface area contributed by atoms with Gasteiger partial charge in [-0.05, 0) is 25.0 Å². The molecule has 0 bridgehead atoms. The Bertz CT molecular complexity index is 728. The highest BCUT2D eigenvalue weighted by atomic mass is 35.5. The van der Waals surface area contributed by atoms with E-state index in [1.807, 2.05) is 0 Å². The molecule has 1 unspecified atom stereocenters. The van der Waals surface area contributed by atoms with Crippen LogP contribution in [-0.2, 0) is 22.0 Å². The molecular formula is C15H19ClN2O3S. The average Bonchev–Trinajstić information content (AvgIpc) is 2.95. The molecule has 22 heavy (non-hydrogen) atoms. The number of nitrogens with zero attached hydrogens (tertiary/aromatic N) is 2. The highest BCUT2D eigenvalue weighted by Gasteiger charge is 2.28. The van der Waals surface area contributed by atoms with Crippen LogP contribution < -0.4 is 0 Å². The number of rotatable bonds is 7. The summed E-state index contributed by atoms with van der Waals surface area (Å²) < 4.78 is 30.1. The lowest BCUT2D eigenvalue weighted by molar-refractivity contribution is 0.370. The number of hydrogen-bond acceptors (Lipinski definition) is 5. The number of benzene rings is 1. The van der Waals surface area contributed by atoms with Crippen LogP contribution in [0.5, 0.6) is 0 Å². The Kier molecular flexibility index (Phi) is 5.58. The summed E-state index contributed by atoms with van der Waals surface area (Å²) in [6.07, 6.45) is 2.65. The van der Waals surface area contributed by atoms with Crippen LogP contribution >= 0.6 is 11.6 Å². The van der Waals surface area contributed by atoms with Gasteiger partial charge in [0.05, 0.1) is 5.75 Å². The fourth-order valence-electron chi connectivity index (χ4n) is 1.98. The van der Waals surface area contributed by atoms with E-state index in [1.165, 1.54) is 0 Å². The first-order valence-electron chi connectivity index (χ1n) is 7.21. The minimum atomic E-state index is -3.48. The molecule has 1 heterocycles. The fourth-order valence-corrected chi connectivity index (χ4v) is 3.60. The molecule has 7 heteroatoms. The lowest BCUT2D eigenvalue weighted by Gasteiger charge is -2.10. The molecule has 0 amide bonds. The molecule has 0 aliphatic carbocycles. The number of unbranched alkanes of at least 4 members (excludes halogenated alkanes) is 1. The van der Waals surface area contributed by atoms with Gasteiger partial charge in [-0.3, -0.25) is 0 Å². The van der Waals surface area contributed by atoms with E-state index >= 15 is 0 Å². The van der Waals surface area contributed by atoms with Crippen LogP contribution in [0.2, 0.25) is 5.02 Å². The molecule has 1 aromatic carbocycles. The van der Waals surface area contributed by atoms with Crippen LogP contribution in [-0.4, -0.2) is 18.6 Å². The minimum absolute atomic E-state index is 0.137. The van der Waals surface area contributed by atoms with Crippen molar-refractivity contribution in [3.05, 3.63) is 46.6 Å². The topological polar surface area (TPSA) is 73.1 Å². The molecule has 2 rings (SSSR count). The zero-order valence-electron chi connectivity index (χ0n) is 12.6. The average molecular weight is 343 g/mol. The summed E-state index contributed by atoms with van der Waals surface area (Å²) in [6, 6.07) is 6.90. The lowest BCUT2D eigenvalue weighted by atomic mass is 10.2. The van der Waals surface area contributed by atoms with Gasteiger partial charge in [-0.15, -0.1) is 0 Å². The molecule has 0 aliphatic heterocycles. The van der Waals surface area contributed by atoms with Crippen LogP contribution in [0.4, 0.5) is 0 Å². The molecule has 0 fully saturated rings. The first-order chi connectivity index (χ1) is 10.4. The first-order valence-corrected chi connectivity index (χ1v) is 9.31. The quantitative estimate of drug-likeness (QED) is 0.766. The molecule has 2 aromatic rings. The first kappa shape index (κ1) is 17.0. The zero-order valence-corrected chi connectivity index (χ0v) is 14.2. The molecule has 0 saturated heterocycles. The molecule has 0 aliphatic rings. The SMILES string of the molecule is CCCCc1noc(C(C)S(=O)(=O)Cc2ccccc2Cl)n1. The predicted octanol–water partition coefficient (Wildman–Crippen LogP) is 3.74. The Labute approximate surface area is 135 Å². The summed E-state index contributed by atoms with van der Waals surface area (Å²) in [7, 11) is -3.48. The minimum Gasteiger partial charge on any atom is -0.338 e. The smallest absolute Gasteiger partial charge is 0.244 e. The zero-order chi connectivity index (χ0) is 16.2. The van der Waals surface area contributed by atoms with Gasteiger partial charge in [-0.1, -0.05) is 48.3 Å². The number of halogens is 1. The van der Waals surface area contributed by atoms with Gasteiger partial charge in [-0.2, -0.15) is 4.98 Å². The van der Waals surface area contributed by atoms with Crippen molar-refractivity contribution in [2.45, 2.75) is 44.1 Å². The van der Waals surface area contributed by atoms with Gasteiger partial charge in [0.15, 0.2) is 15.7 Å². The Balaban J connectivity index is 2.15. The van der Waals surface area contributed by atoms with Crippen molar-refractivity contribution in [2.75, 3.05) is 0 Å². The van der Waals surface area contributed by atoms with Crippen LogP contribution in [0.15, 0.2) is 28.8 Å². The Morgan fingerprint density at radius 1 is 1.32 bits per heavy atom. The van der Waals surface area contributed by atoms with Gasteiger partial charge in [0, 0.05) is 11.4 Å². The number of aryl methyl sites for hydroxylation is 1. The maximum Gasteiger partial charge on any atom is 0.244 e. The van der Waals surface area contributed by atoms with Crippen LogP contribution in [0, 0.1) is 0 Å². The second-order valence-electron chi connectivity index (χ2n) is 5.19. The van der Waals surface area contributed by atoms with E-state index in [2.05, 4.69) is 17.1 Å². The summed E-state index contributed by atoms with van der Waals surface area (Å²) in [6.45, 7) is 3.63. The summed E-state index contributed by atoms with van der Waals surface area (Å²) in [5, 5.41) is 3.42. The number of sulfone groups is 1. The van der Waals surface area contributed by atoms with Crippen LogP contribution in [0.1, 0.15) is 49.2 Å². The standard InChI is InChI=1S/C15H19ClN2O3S/c1-3-4-9-14-17-15(21-18-14)11(2)22(19,20)10-12-7-5-6-8-13(12)16/h5-8,11H,3-4,9-10H2,1-2H3. The Hall–Kier alpha value is -1.40. The van der Waals surface area contributed by atoms with Crippen molar-refractivity contribution in [1.29, 1.82) is 0 Å². The van der Waals surface area contributed by atoms with Crippen molar-refractivity contribution in [2.24, 2.45) is 0 Å². The van der Waals surface area contributed by atoms with E-state index in [-0.39, 0.29) is 11.6 Å². The Morgan fingerprint density at radius 3 is 2.73 bits per heavy atom. The van der Waals surface area contributed by atoms with E-state index in [0.717, 1.165) is 12.8 Å². The summed E-state index contributed by atoms with van der Waals surface area (Å²) in [5.74, 6) is 0.537. The Morgan fingerprint density at radius 2 is 2.05 bits per heavy atom. The summed E-state index contributed by atoms with van der Waals surface area (Å²) >= 11 is 6.03. The molecule has 0 radical (unpaired) electrons. The van der Waals surface area contributed by atoms with E-state index < -0.39 is 15.1 Å². The van der Waals surface area contributed by atoms with Crippen LogP contribution in [0.3, 0.4) is 0 Å². The van der Waals surface area contributed by atoms with E-state index in [9.17, 15) is 8.42 Å². The van der Waals surface area contributed by atoms with E-state index in [4.69, 9.17) is 16.1 Å². The highest BCUT2D eigenvalue weighted by molar-refractivity contribution is 7.90. The second-order valence-corrected chi connectivity index (χ2v) is 7.92. The summed E-state index contributed by atoms with van der Waals surface area (Å²) in [4.78, 5) is 4.19. The maximum atomic E-state index is 12.5. The molecule has 1 atom stereocenters. The third-order valence-corrected chi connectivity index (χ3v) is 5.80. The molecule has 0 saturated carbocycles. The van der Waals surface area contributed by atoms with Gasteiger partial charge >= 0.3 is 0 Å². The van der Waals surface area contributed by atoms with Gasteiger partial charge in [-0.25, -0.2) is 8.42 Å². The largest absolute Gasteiger partial charge is 0.338 e. The van der Waals surface area contributed by atoms with E-state index in [0.29, 0.717) is 22.8 Å². The highest BCUT2D eigenvalue weighted by Crippen LogP contribution is 2.26. The van der Waals surface area contributed by atoms with Crippen molar-refractivity contribution >= 4 is 21.4 Å². The lowest BCUT2D eigenvalue weighted by Crippen LogP contribution is -2.13. The fraction of sp³-hybridized carbons (Fsp3) is 0.467. The second kappa shape index (κ2) is 7.24. The maximum absolute atomic E-state index is 12.5. The molecule has 120 valence electrons. The van der Waals surface area contributed by atoms with Crippen molar-refractivity contribution in [3.8, 4) is 0 Å². The van der Waals surface area contributed by atoms with Crippen molar-refractivity contribution in [3.63, 3.8) is 0 Å². The molecule has 1 aromatic heterocycles. The predicted molar refractivity (Wildman–Crippen MR) is 85.4 cm³/mol. The van der Waals surface area contributed by atoms with Crippen molar-refractivity contribution in [1.82, 2.24) is 10.1 Å². The monoisotopic (exact) mass is 342 g/mol. The normalized spacial score (nSPS) is 13.2. The molecule has 0 spiro atoms. The van der Waals surface area contributed by atoms with Gasteiger partial charge in [0.25, 0.3) is 0 Å².